The maximum atomic E-state index is 3.57. The highest BCUT2D eigenvalue weighted by atomic mass is 79.9. The summed E-state index contributed by atoms with van der Waals surface area (Å²) >= 11 is 14.2. The molecule has 2 heterocycles. The molecule has 0 saturated heterocycles. The summed E-state index contributed by atoms with van der Waals surface area (Å²) in [6.07, 6.45) is 13.2. The highest BCUT2D eigenvalue weighted by Gasteiger charge is 2.04. The molecule has 0 aliphatic rings. The van der Waals surface area contributed by atoms with Crippen molar-refractivity contribution < 1.29 is 0 Å². The Balaban J connectivity index is 0.000000251. The van der Waals surface area contributed by atoms with Crippen LogP contribution in [-0.4, -0.2) is 0 Å². The van der Waals surface area contributed by atoms with E-state index >= 15 is 0 Å². The number of hydrogen-bond acceptors (Lipinski definition) is 2. The molecule has 0 atom stereocenters. The summed E-state index contributed by atoms with van der Waals surface area (Å²) in [7, 11) is 0. The van der Waals surface area contributed by atoms with Gasteiger partial charge in [0.2, 0.25) is 0 Å². The van der Waals surface area contributed by atoms with E-state index in [0.717, 1.165) is 0 Å². The number of unbranched alkanes of at least 4 members (excludes halogenated alkanes) is 6. The molecule has 0 radical (unpaired) electrons. The monoisotopic (exact) mass is 570 g/mol. The third-order valence-corrected chi connectivity index (χ3v) is 8.29. The predicted molar refractivity (Wildman–Crippen MR) is 127 cm³/mol. The molecule has 2 aromatic heterocycles. The van der Waals surface area contributed by atoms with Gasteiger partial charge in [0.1, 0.15) is 0 Å². The van der Waals surface area contributed by atoms with Crippen molar-refractivity contribution in [2.24, 2.45) is 0 Å². The molecule has 0 saturated carbocycles. The standard InChI is InChI=1S/C10H14Br2S.C10H15BrS/c1-2-3-4-5-6-8-7-9(11)13-10(8)12;1-2-3-4-5-6-9-7-8-12-10(9)11/h7H,2-6H2,1H3;7-8H,2-6H2,1H3. The third-order valence-electron chi connectivity index (χ3n) is 4.02. The summed E-state index contributed by atoms with van der Waals surface area (Å²) in [5.74, 6) is 0. The smallest absolute Gasteiger partial charge is 0.0742 e. The van der Waals surface area contributed by atoms with Gasteiger partial charge in [-0.1, -0.05) is 52.4 Å². The van der Waals surface area contributed by atoms with Crippen molar-refractivity contribution in [1.82, 2.24) is 0 Å². The molecule has 0 amide bonds. The first-order valence-corrected chi connectivity index (χ1v) is 13.3. The molecular formula is C20H29Br3S2. The number of hydrogen-bond donors (Lipinski definition) is 0. The second-order valence-electron chi connectivity index (χ2n) is 6.19. The zero-order chi connectivity index (χ0) is 18.5. The van der Waals surface area contributed by atoms with Gasteiger partial charge in [0, 0.05) is 0 Å². The quantitative estimate of drug-likeness (QED) is 0.248. The van der Waals surface area contributed by atoms with Gasteiger partial charge in [0.15, 0.2) is 0 Å². The predicted octanol–water partition coefficient (Wildman–Crippen LogP) is 10.0. The lowest BCUT2D eigenvalue weighted by Gasteiger charge is -1.98. The van der Waals surface area contributed by atoms with Gasteiger partial charge in [-0.2, -0.15) is 0 Å². The first-order chi connectivity index (χ1) is 12.1. The van der Waals surface area contributed by atoms with E-state index in [1.165, 1.54) is 86.7 Å². The average Bonchev–Trinajstić information content (AvgIpc) is 3.14. The fraction of sp³-hybridized carbons (Fsp3) is 0.600. The summed E-state index contributed by atoms with van der Waals surface area (Å²) in [5.41, 5.74) is 2.93. The Morgan fingerprint density at radius 2 is 1.36 bits per heavy atom. The van der Waals surface area contributed by atoms with Crippen LogP contribution in [-0.2, 0) is 12.8 Å². The maximum Gasteiger partial charge on any atom is 0.0742 e. The highest BCUT2D eigenvalue weighted by Crippen LogP contribution is 2.32. The number of aryl methyl sites for hydroxylation is 2. The molecule has 142 valence electrons. The molecule has 0 aliphatic heterocycles. The van der Waals surface area contributed by atoms with Crippen molar-refractivity contribution in [3.05, 3.63) is 40.0 Å². The lowest BCUT2D eigenvalue weighted by atomic mass is 10.1. The minimum absolute atomic E-state index is 1.21. The first kappa shape index (κ1) is 23.9. The van der Waals surface area contributed by atoms with Gasteiger partial charge in [-0.05, 0) is 102 Å². The molecule has 0 unspecified atom stereocenters. The van der Waals surface area contributed by atoms with Gasteiger partial charge < -0.3 is 0 Å². The van der Waals surface area contributed by atoms with Gasteiger partial charge in [0.25, 0.3) is 0 Å². The topological polar surface area (TPSA) is 0 Å². The van der Waals surface area contributed by atoms with Crippen molar-refractivity contribution >= 4 is 70.5 Å². The first-order valence-electron chi connectivity index (χ1n) is 9.24. The Hall–Kier alpha value is 0.840. The Kier molecular flexibility index (Phi) is 14.2. The largest absolute Gasteiger partial charge is 0.137 e. The van der Waals surface area contributed by atoms with Crippen molar-refractivity contribution in [3.63, 3.8) is 0 Å². The van der Waals surface area contributed by atoms with Crippen molar-refractivity contribution in [3.8, 4) is 0 Å². The van der Waals surface area contributed by atoms with Crippen LogP contribution in [0.25, 0.3) is 0 Å². The minimum Gasteiger partial charge on any atom is -0.137 e. The summed E-state index contributed by atoms with van der Waals surface area (Å²) in [5, 5.41) is 2.15. The van der Waals surface area contributed by atoms with E-state index in [2.05, 4.69) is 79.2 Å². The van der Waals surface area contributed by atoms with E-state index < -0.39 is 0 Å². The van der Waals surface area contributed by atoms with Crippen molar-refractivity contribution in [2.45, 2.75) is 78.1 Å². The van der Waals surface area contributed by atoms with E-state index in [1.807, 2.05) is 0 Å². The molecule has 0 aromatic carbocycles. The lowest BCUT2D eigenvalue weighted by Crippen LogP contribution is -1.83. The van der Waals surface area contributed by atoms with Gasteiger partial charge in [-0.25, -0.2) is 0 Å². The summed E-state index contributed by atoms with van der Waals surface area (Å²) in [4.78, 5) is 0. The zero-order valence-corrected chi connectivity index (χ0v) is 21.6. The number of halogens is 3. The Morgan fingerprint density at radius 1 is 0.760 bits per heavy atom. The van der Waals surface area contributed by atoms with Crippen molar-refractivity contribution in [1.29, 1.82) is 0 Å². The van der Waals surface area contributed by atoms with Crippen LogP contribution in [0.3, 0.4) is 0 Å². The van der Waals surface area contributed by atoms with Crippen LogP contribution in [0.5, 0.6) is 0 Å². The summed E-state index contributed by atoms with van der Waals surface area (Å²) < 4.78 is 3.83. The molecule has 5 heteroatoms. The Bertz CT molecular complexity index is 575. The molecule has 0 nitrogen and oxygen atoms in total. The van der Waals surface area contributed by atoms with E-state index in [4.69, 9.17) is 0 Å². The molecule has 0 N–H and O–H groups in total. The summed E-state index contributed by atoms with van der Waals surface area (Å²) in [6.45, 7) is 4.50. The van der Waals surface area contributed by atoms with E-state index in [1.54, 1.807) is 22.7 Å². The minimum atomic E-state index is 1.21. The fourth-order valence-electron chi connectivity index (χ4n) is 2.53. The van der Waals surface area contributed by atoms with E-state index in [0.29, 0.717) is 0 Å². The zero-order valence-electron chi connectivity index (χ0n) is 15.3. The molecule has 2 aromatic rings. The van der Waals surface area contributed by atoms with Crippen LogP contribution >= 0.6 is 70.5 Å². The van der Waals surface area contributed by atoms with E-state index in [9.17, 15) is 0 Å². The van der Waals surface area contributed by atoms with Crippen LogP contribution in [0.2, 0.25) is 0 Å². The SMILES string of the molecule is CCCCCCc1cc(Br)sc1Br.CCCCCCc1ccsc1Br. The molecule has 2 rings (SSSR count). The van der Waals surface area contributed by atoms with Crippen LogP contribution in [0.1, 0.15) is 76.3 Å². The van der Waals surface area contributed by atoms with Crippen LogP contribution in [0.4, 0.5) is 0 Å². The molecular weight excluding hydrogens is 544 g/mol. The summed E-state index contributed by atoms with van der Waals surface area (Å²) in [6, 6.07) is 4.45. The fourth-order valence-corrected chi connectivity index (χ4v) is 6.77. The maximum absolute atomic E-state index is 3.57. The lowest BCUT2D eigenvalue weighted by molar-refractivity contribution is 0.667. The Morgan fingerprint density at radius 3 is 1.80 bits per heavy atom. The van der Waals surface area contributed by atoms with Gasteiger partial charge in [-0.3, -0.25) is 0 Å². The second-order valence-corrected chi connectivity index (χ2v) is 12.2. The number of rotatable bonds is 10. The van der Waals surface area contributed by atoms with Crippen LogP contribution in [0, 0.1) is 0 Å². The highest BCUT2D eigenvalue weighted by molar-refractivity contribution is 9.12. The molecule has 0 bridgehead atoms. The molecule has 0 fully saturated rings. The third kappa shape index (κ3) is 10.7. The van der Waals surface area contributed by atoms with Crippen molar-refractivity contribution in [2.75, 3.05) is 0 Å². The van der Waals surface area contributed by atoms with Gasteiger partial charge in [-0.15, -0.1) is 22.7 Å². The number of thiophene rings is 2. The van der Waals surface area contributed by atoms with Crippen LogP contribution < -0.4 is 0 Å². The normalized spacial score (nSPS) is 10.6. The molecule has 25 heavy (non-hydrogen) atoms. The molecule has 0 aliphatic carbocycles. The van der Waals surface area contributed by atoms with E-state index in [-0.39, 0.29) is 0 Å². The van der Waals surface area contributed by atoms with Gasteiger partial charge >= 0.3 is 0 Å². The van der Waals surface area contributed by atoms with Crippen LogP contribution in [0.15, 0.2) is 28.9 Å². The Labute approximate surface area is 187 Å². The second kappa shape index (κ2) is 14.8. The van der Waals surface area contributed by atoms with Gasteiger partial charge in [0.05, 0.1) is 11.4 Å². The average molecular weight is 573 g/mol. The molecule has 0 spiro atoms.